The highest BCUT2D eigenvalue weighted by Gasteiger charge is 2.26. The van der Waals surface area contributed by atoms with Crippen LogP contribution in [0.15, 0.2) is 36.8 Å². The molecular formula is C16H15ClN6O. The SMILES string of the molecule is O=C1CN(c2ncnc3[nH]ncc23)CCN1Cc1ccc(Cl)cc1. The molecule has 0 aliphatic carbocycles. The number of benzene rings is 1. The second-order valence-electron chi connectivity index (χ2n) is 5.69. The molecule has 1 aliphatic heterocycles. The smallest absolute Gasteiger partial charge is 0.242 e. The van der Waals surface area contributed by atoms with E-state index in [0.717, 1.165) is 23.3 Å². The second kappa shape index (κ2) is 6.09. The largest absolute Gasteiger partial charge is 0.345 e. The molecule has 1 saturated heterocycles. The third-order valence-corrected chi connectivity index (χ3v) is 4.38. The quantitative estimate of drug-likeness (QED) is 0.786. The molecule has 3 heterocycles. The number of hydrogen-bond donors (Lipinski definition) is 1. The molecule has 24 heavy (non-hydrogen) atoms. The van der Waals surface area contributed by atoms with Crippen molar-refractivity contribution in [3.8, 4) is 0 Å². The molecule has 2 aromatic heterocycles. The van der Waals surface area contributed by atoms with Crippen molar-refractivity contribution in [3.05, 3.63) is 47.4 Å². The molecule has 7 nitrogen and oxygen atoms in total. The summed E-state index contributed by atoms with van der Waals surface area (Å²) < 4.78 is 0. The molecule has 0 bridgehead atoms. The standard InChI is InChI=1S/C16H15ClN6O/c17-12-3-1-11(2-4-12)8-22-5-6-23(9-14(22)24)16-13-7-20-21-15(13)18-10-19-16/h1-4,7,10H,5-6,8-9H2,(H,18,19,20,21). The molecule has 1 aromatic carbocycles. The van der Waals surface area contributed by atoms with E-state index in [4.69, 9.17) is 11.6 Å². The highest BCUT2D eigenvalue weighted by Crippen LogP contribution is 2.23. The molecule has 1 aliphatic rings. The third-order valence-electron chi connectivity index (χ3n) is 4.13. The van der Waals surface area contributed by atoms with Crippen LogP contribution in [-0.4, -0.2) is 50.6 Å². The lowest BCUT2D eigenvalue weighted by Crippen LogP contribution is -2.50. The Morgan fingerprint density at radius 1 is 1.17 bits per heavy atom. The van der Waals surface area contributed by atoms with E-state index < -0.39 is 0 Å². The van der Waals surface area contributed by atoms with Crippen LogP contribution in [0.5, 0.6) is 0 Å². The van der Waals surface area contributed by atoms with Crippen molar-refractivity contribution in [2.24, 2.45) is 0 Å². The molecule has 3 aromatic rings. The molecule has 0 spiro atoms. The van der Waals surface area contributed by atoms with E-state index in [1.165, 1.54) is 6.33 Å². The predicted molar refractivity (Wildman–Crippen MR) is 90.8 cm³/mol. The fourth-order valence-electron chi connectivity index (χ4n) is 2.87. The van der Waals surface area contributed by atoms with E-state index in [2.05, 4.69) is 20.2 Å². The summed E-state index contributed by atoms with van der Waals surface area (Å²) in [6.45, 7) is 2.25. The first-order valence-corrected chi connectivity index (χ1v) is 8.00. The van der Waals surface area contributed by atoms with Crippen LogP contribution in [0.1, 0.15) is 5.56 Å². The molecule has 1 amide bonds. The maximum atomic E-state index is 12.5. The minimum Gasteiger partial charge on any atom is -0.345 e. The Kier molecular flexibility index (Phi) is 3.78. The topological polar surface area (TPSA) is 78.0 Å². The van der Waals surface area contributed by atoms with Gasteiger partial charge in [0.25, 0.3) is 0 Å². The molecule has 0 unspecified atom stereocenters. The summed E-state index contributed by atoms with van der Waals surface area (Å²) >= 11 is 5.90. The Morgan fingerprint density at radius 2 is 2.00 bits per heavy atom. The number of anilines is 1. The summed E-state index contributed by atoms with van der Waals surface area (Å²) in [4.78, 5) is 24.8. The molecule has 0 saturated carbocycles. The van der Waals surface area contributed by atoms with Gasteiger partial charge in [-0.2, -0.15) is 5.10 Å². The van der Waals surface area contributed by atoms with Crippen LogP contribution < -0.4 is 4.90 Å². The van der Waals surface area contributed by atoms with Gasteiger partial charge in [-0.15, -0.1) is 0 Å². The number of hydrogen-bond acceptors (Lipinski definition) is 5. The summed E-state index contributed by atoms with van der Waals surface area (Å²) in [6, 6.07) is 7.57. The monoisotopic (exact) mass is 342 g/mol. The van der Waals surface area contributed by atoms with Gasteiger partial charge >= 0.3 is 0 Å². The Balaban J connectivity index is 1.49. The van der Waals surface area contributed by atoms with Crippen molar-refractivity contribution in [2.75, 3.05) is 24.5 Å². The van der Waals surface area contributed by atoms with Gasteiger partial charge in [0, 0.05) is 24.7 Å². The van der Waals surface area contributed by atoms with E-state index in [1.54, 1.807) is 6.20 Å². The minimum absolute atomic E-state index is 0.0754. The zero-order valence-electron chi connectivity index (χ0n) is 12.8. The lowest BCUT2D eigenvalue weighted by molar-refractivity contribution is -0.131. The van der Waals surface area contributed by atoms with E-state index in [-0.39, 0.29) is 5.91 Å². The zero-order valence-corrected chi connectivity index (χ0v) is 13.6. The predicted octanol–water partition coefficient (Wildman–Crippen LogP) is 1.86. The first kappa shape index (κ1) is 14.9. The number of piperazine rings is 1. The van der Waals surface area contributed by atoms with Crippen molar-refractivity contribution < 1.29 is 4.79 Å². The van der Waals surface area contributed by atoms with Gasteiger partial charge in [0.1, 0.15) is 12.1 Å². The maximum absolute atomic E-state index is 12.5. The van der Waals surface area contributed by atoms with Gasteiger partial charge in [0.05, 0.1) is 18.1 Å². The van der Waals surface area contributed by atoms with Crippen LogP contribution in [-0.2, 0) is 11.3 Å². The number of rotatable bonds is 3. The van der Waals surface area contributed by atoms with Crippen molar-refractivity contribution in [1.82, 2.24) is 25.1 Å². The van der Waals surface area contributed by atoms with Crippen molar-refractivity contribution in [3.63, 3.8) is 0 Å². The number of nitrogens with zero attached hydrogens (tertiary/aromatic N) is 5. The number of aromatic nitrogens is 4. The third kappa shape index (κ3) is 2.78. The summed E-state index contributed by atoms with van der Waals surface area (Å²) in [6.07, 6.45) is 3.18. The maximum Gasteiger partial charge on any atom is 0.242 e. The van der Waals surface area contributed by atoms with Crippen molar-refractivity contribution in [1.29, 1.82) is 0 Å². The van der Waals surface area contributed by atoms with Crippen LogP contribution in [0.4, 0.5) is 5.82 Å². The van der Waals surface area contributed by atoms with Gasteiger partial charge in [-0.3, -0.25) is 9.89 Å². The first-order chi connectivity index (χ1) is 11.7. The summed E-state index contributed by atoms with van der Waals surface area (Å²) in [7, 11) is 0. The van der Waals surface area contributed by atoms with Crippen LogP contribution >= 0.6 is 11.6 Å². The van der Waals surface area contributed by atoms with Gasteiger partial charge in [-0.1, -0.05) is 23.7 Å². The average Bonchev–Trinajstić information content (AvgIpc) is 3.07. The Bertz CT molecular complexity index is 878. The number of H-pyrrole nitrogens is 1. The number of carbonyl (C=O) groups excluding carboxylic acids is 1. The second-order valence-corrected chi connectivity index (χ2v) is 6.13. The Labute approximate surface area is 143 Å². The molecular weight excluding hydrogens is 328 g/mol. The first-order valence-electron chi connectivity index (χ1n) is 7.62. The van der Waals surface area contributed by atoms with Crippen LogP contribution in [0.25, 0.3) is 11.0 Å². The van der Waals surface area contributed by atoms with Crippen LogP contribution in [0.3, 0.4) is 0 Å². The van der Waals surface area contributed by atoms with Crippen molar-refractivity contribution in [2.45, 2.75) is 6.54 Å². The molecule has 0 atom stereocenters. The highest BCUT2D eigenvalue weighted by molar-refractivity contribution is 6.30. The minimum atomic E-state index is 0.0754. The van der Waals surface area contributed by atoms with Crippen LogP contribution in [0.2, 0.25) is 5.02 Å². The lowest BCUT2D eigenvalue weighted by atomic mass is 10.2. The molecule has 1 N–H and O–H groups in total. The van der Waals surface area contributed by atoms with E-state index in [9.17, 15) is 4.79 Å². The van der Waals surface area contributed by atoms with Gasteiger partial charge in [0.15, 0.2) is 5.65 Å². The zero-order chi connectivity index (χ0) is 16.5. The van der Waals surface area contributed by atoms with Gasteiger partial charge in [-0.05, 0) is 17.7 Å². The van der Waals surface area contributed by atoms with Crippen molar-refractivity contribution >= 4 is 34.4 Å². The summed E-state index contributed by atoms with van der Waals surface area (Å²) in [5, 5.41) is 8.34. The van der Waals surface area contributed by atoms with Crippen LogP contribution in [0, 0.1) is 0 Å². The Hall–Kier alpha value is -2.67. The highest BCUT2D eigenvalue weighted by atomic mass is 35.5. The molecule has 0 radical (unpaired) electrons. The number of halogens is 1. The number of fused-ring (bicyclic) bond motifs is 1. The Morgan fingerprint density at radius 3 is 2.79 bits per heavy atom. The number of aromatic amines is 1. The molecule has 122 valence electrons. The van der Waals surface area contributed by atoms with E-state index in [0.29, 0.717) is 30.3 Å². The number of carbonyl (C=O) groups is 1. The summed E-state index contributed by atoms with van der Waals surface area (Å²) in [5.41, 5.74) is 1.75. The van der Waals surface area contributed by atoms with Gasteiger partial charge in [-0.25, -0.2) is 9.97 Å². The van der Waals surface area contributed by atoms with E-state index in [1.807, 2.05) is 34.1 Å². The lowest BCUT2D eigenvalue weighted by Gasteiger charge is -2.35. The number of amides is 1. The molecule has 1 fully saturated rings. The fraction of sp³-hybridized carbons (Fsp3) is 0.250. The van der Waals surface area contributed by atoms with E-state index >= 15 is 0 Å². The molecule has 4 rings (SSSR count). The normalized spacial score (nSPS) is 15.3. The summed E-state index contributed by atoms with van der Waals surface area (Å²) in [5.74, 6) is 0.819. The van der Waals surface area contributed by atoms with Gasteiger partial charge in [0.2, 0.25) is 5.91 Å². The fourth-order valence-corrected chi connectivity index (χ4v) is 3.00. The van der Waals surface area contributed by atoms with Gasteiger partial charge < -0.3 is 9.80 Å². The average molecular weight is 343 g/mol. The number of nitrogens with one attached hydrogen (secondary N) is 1. The molecule has 8 heteroatoms.